The first-order valence-corrected chi connectivity index (χ1v) is 5.46. The molecule has 7 heteroatoms. The topological polar surface area (TPSA) is 99.6 Å². The predicted octanol–water partition coefficient (Wildman–Crippen LogP) is 0.979. The van der Waals surface area contributed by atoms with E-state index in [1.54, 1.807) is 0 Å². The number of carbonyl (C=O) groups excluding carboxylic acids is 1. The smallest absolute Gasteiger partial charge is 0.269 e. The zero-order valence-corrected chi connectivity index (χ0v) is 9.97. The Hall–Kier alpha value is -1.76. The number of hydrogen-bond donors (Lipinski definition) is 1. The number of nitrogens with two attached hydrogens (primary N) is 1. The molecule has 7 nitrogen and oxygen atoms in total. The van der Waals surface area contributed by atoms with Gasteiger partial charge in [0.05, 0.1) is 18.8 Å². The van der Waals surface area contributed by atoms with E-state index in [0.717, 1.165) is 0 Å². The molecule has 1 heterocycles. The van der Waals surface area contributed by atoms with Crippen molar-refractivity contribution in [1.29, 1.82) is 0 Å². The van der Waals surface area contributed by atoms with Crippen molar-refractivity contribution in [2.45, 2.75) is 26.8 Å². The molecule has 1 aromatic rings. The second kappa shape index (κ2) is 6.09. The number of rotatable bonds is 7. The molecular formula is C10H16N4O3. The molecule has 94 valence electrons. The maximum Gasteiger partial charge on any atom is 0.269 e. The van der Waals surface area contributed by atoms with Crippen LogP contribution in [-0.2, 0) is 17.7 Å². The molecule has 0 bridgehead atoms. The highest BCUT2D eigenvalue weighted by Crippen LogP contribution is 2.24. The third-order valence-corrected chi connectivity index (χ3v) is 2.31. The molecule has 0 saturated carbocycles. The lowest BCUT2D eigenvalue weighted by Gasteiger charge is -2.04. The number of aromatic nitrogens is 2. The first-order chi connectivity index (χ1) is 8.15. The molecule has 1 amide bonds. The van der Waals surface area contributed by atoms with Gasteiger partial charge in [-0.1, -0.05) is 6.92 Å². The molecule has 1 aromatic heterocycles. The van der Waals surface area contributed by atoms with Crippen LogP contribution in [0.15, 0.2) is 5.18 Å². The summed E-state index contributed by atoms with van der Waals surface area (Å²) in [4.78, 5) is 22.0. The monoisotopic (exact) mass is 240 g/mol. The van der Waals surface area contributed by atoms with Crippen LogP contribution in [0.2, 0.25) is 0 Å². The van der Waals surface area contributed by atoms with E-state index in [0.29, 0.717) is 31.9 Å². The molecule has 0 unspecified atom stereocenters. The van der Waals surface area contributed by atoms with Gasteiger partial charge in [-0.25, -0.2) is 0 Å². The second-order valence-electron chi connectivity index (χ2n) is 3.37. The molecule has 0 spiro atoms. The Morgan fingerprint density at radius 1 is 1.53 bits per heavy atom. The first kappa shape index (κ1) is 13.3. The van der Waals surface area contributed by atoms with Crippen molar-refractivity contribution >= 4 is 11.6 Å². The third kappa shape index (κ3) is 2.88. The van der Waals surface area contributed by atoms with Crippen LogP contribution >= 0.6 is 0 Å². The van der Waals surface area contributed by atoms with Crippen molar-refractivity contribution in [1.82, 2.24) is 9.78 Å². The Morgan fingerprint density at radius 2 is 2.24 bits per heavy atom. The van der Waals surface area contributed by atoms with E-state index in [4.69, 9.17) is 10.5 Å². The van der Waals surface area contributed by atoms with Gasteiger partial charge in [-0.15, -0.1) is 4.91 Å². The number of nitrogens with zero attached hydrogens (tertiary/aromatic N) is 3. The highest BCUT2D eigenvalue weighted by atomic mass is 16.5. The van der Waals surface area contributed by atoms with E-state index in [9.17, 15) is 9.70 Å². The quantitative estimate of drug-likeness (QED) is 0.567. The summed E-state index contributed by atoms with van der Waals surface area (Å²) in [6.07, 6.45) is 0.517. The lowest BCUT2D eigenvalue weighted by Crippen LogP contribution is -2.19. The fraction of sp³-hybridized carbons (Fsp3) is 0.600. The van der Waals surface area contributed by atoms with Gasteiger partial charge < -0.3 is 10.5 Å². The average Bonchev–Trinajstić information content (AvgIpc) is 2.67. The van der Waals surface area contributed by atoms with E-state index >= 15 is 0 Å². The minimum Gasteiger partial charge on any atom is -0.380 e. The van der Waals surface area contributed by atoms with Crippen LogP contribution in [0.25, 0.3) is 0 Å². The van der Waals surface area contributed by atoms with Crippen LogP contribution in [0.1, 0.15) is 30.0 Å². The normalized spacial score (nSPS) is 10.5. The van der Waals surface area contributed by atoms with Gasteiger partial charge in [0, 0.05) is 6.61 Å². The SMILES string of the molecule is CCOCCn1nc(CC)c(N=O)c1C(N)=O. The van der Waals surface area contributed by atoms with Crippen LogP contribution in [0, 0.1) is 4.91 Å². The maximum absolute atomic E-state index is 11.3. The zero-order valence-electron chi connectivity index (χ0n) is 9.97. The summed E-state index contributed by atoms with van der Waals surface area (Å²) in [5.74, 6) is -0.705. The number of carbonyl (C=O) groups is 1. The van der Waals surface area contributed by atoms with Crippen molar-refractivity contribution in [2.24, 2.45) is 10.9 Å². The summed E-state index contributed by atoms with van der Waals surface area (Å²) in [5.41, 5.74) is 5.79. The zero-order chi connectivity index (χ0) is 12.8. The van der Waals surface area contributed by atoms with Crippen LogP contribution in [0.4, 0.5) is 5.69 Å². The summed E-state index contributed by atoms with van der Waals surface area (Å²) in [6.45, 7) is 5.05. The number of amides is 1. The maximum atomic E-state index is 11.3. The molecule has 0 aliphatic carbocycles. The molecule has 0 atom stereocenters. The third-order valence-electron chi connectivity index (χ3n) is 2.31. The van der Waals surface area contributed by atoms with Gasteiger partial charge >= 0.3 is 0 Å². The number of primary amides is 1. The minimum atomic E-state index is -0.705. The van der Waals surface area contributed by atoms with Gasteiger partial charge in [0.2, 0.25) is 0 Å². The van der Waals surface area contributed by atoms with Crippen molar-refractivity contribution in [3.05, 3.63) is 16.3 Å². The fourth-order valence-electron chi connectivity index (χ4n) is 1.54. The molecule has 0 saturated heterocycles. The van der Waals surface area contributed by atoms with Crippen LogP contribution in [-0.4, -0.2) is 28.9 Å². The van der Waals surface area contributed by atoms with Gasteiger partial charge in [0.15, 0.2) is 11.4 Å². The molecule has 17 heavy (non-hydrogen) atoms. The number of nitroso groups, excluding NO2 is 1. The van der Waals surface area contributed by atoms with Gasteiger partial charge in [-0.3, -0.25) is 9.48 Å². The van der Waals surface area contributed by atoms with Crippen LogP contribution in [0.3, 0.4) is 0 Å². The van der Waals surface area contributed by atoms with Gasteiger partial charge in [0.25, 0.3) is 5.91 Å². The Bertz CT molecular complexity index is 414. The lowest BCUT2D eigenvalue weighted by atomic mass is 10.2. The number of aryl methyl sites for hydroxylation is 1. The van der Waals surface area contributed by atoms with Crippen LogP contribution < -0.4 is 5.73 Å². The standard InChI is InChI=1S/C10H16N4O3/c1-3-7-8(13-16)9(10(11)15)14(12-7)5-6-17-4-2/h3-6H2,1-2H3,(H2,11,15). The Labute approximate surface area is 98.9 Å². The predicted molar refractivity (Wildman–Crippen MR) is 62.1 cm³/mol. The molecule has 1 rings (SSSR count). The summed E-state index contributed by atoms with van der Waals surface area (Å²) >= 11 is 0. The van der Waals surface area contributed by atoms with E-state index in [1.165, 1.54) is 4.68 Å². The van der Waals surface area contributed by atoms with Crippen LogP contribution in [0.5, 0.6) is 0 Å². The van der Waals surface area contributed by atoms with Gasteiger partial charge in [0.1, 0.15) is 0 Å². The molecule has 0 aliphatic heterocycles. The fourth-order valence-corrected chi connectivity index (χ4v) is 1.54. The second-order valence-corrected chi connectivity index (χ2v) is 3.37. The molecule has 0 aromatic carbocycles. The summed E-state index contributed by atoms with van der Waals surface area (Å²) < 4.78 is 6.55. The summed E-state index contributed by atoms with van der Waals surface area (Å²) in [5, 5.41) is 6.97. The number of ether oxygens (including phenoxy) is 1. The molecule has 2 N–H and O–H groups in total. The minimum absolute atomic E-state index is 0.0384. The van der Waals surface area contributed by atoms with Gasteiger partial charge in [-0.2, -0.15) is 5.10 Å². The summed E-state index contributed by atoms with van der Waals surface area (Å²) in [6, 6.07) is 0. The first-order valence-electron chi connectivity index (χ1n) is 5.46. The van der Waals surface area contributed by atoms with E-state index in [2.05, 4.69) is 10.3 Å². The molecule has 0 aliphatic rings. The molecule has 0 radical (unpaired) electrons. The Morgan fingerprint density at radius 3 is 2.71 bits per heavy atom. The summed E-state index contributed by atoms with van der Waals surface area (Å²) in [7, 11) is 0. The lowest BCUT2D eigenvalue weighted by molar-refractivity contribution is 0.0983. The van der Waals surface area contributed by atoms with Crippen molar-refractivity contribution in [2.75, 3.05) is 13.2 Å². The average molecular weight is 240 g/mol. The number of hydrogen-bond acceptors (Lipinski definition) is 5. The molecule has 0 fully saturated rings. The highest BCUT2D eigenvalue weighted by Gasteiger charge is 2.21. The van der Waals surface area contributed by atoms with Crippen molar-refractivity contribution in [3.8, 4) is 0 Å². The van der Waals surface area contributed by atoms with Crippen molar-refractivity contribution < 1.29 is 9.53 Å². The van der Waals surface area contributed by atoms with E-state index < -0.39 is 5.91 Å². The van der Waals surface area contributed by atoms with E-state index in [-0.39, 0.29) is 11.4 Å². The Kier molecular flexibility index (Phi) is 4.77. The van der Waals surface area contributed by atoms with Gasteiger partial charge in [-0.05, 0) is 18.5 Å². The largest absolute Gasteiger partial charge is 0.380 e. The molecular weight excluding hydrogens is 224 g/mol. The highest BCUT2D eigenvalue weighted by molar-refractivity contribution is 5.96. The van der Waals surface area contributed by atoms with E-state index in [1.807, 2.05) is 13.8 Å². The van der Waals surface area contributed by atoms with Crippen molar-refractivity contribution in [3.63, 3.8) is 0 Å². The Balaban J connectivity index is 3.06.